The lowest BCUT2D eigenvalue weighted by Gasteiger charge is -2.05. The Balaban J connectivity index is 1.79. The van der Waals surface area contributed by atoms with E-state index < -0.39 is 0 Å². The van der Waals surface area contributed by atoms with Crippen molar-refractivity contribution in [2.24, 2.45) is 0 Å². The third-order valence-electron chi connectivity index (χ3n) is 4.85. The number of hydrogen-bond donors (Lipinski definition) is 0. The lowest BCUT2D eigenvalue weighted by Crippen LogP contribution is -2.25. The standard InChI is InChI=1S/C23H22N2O/c1-17-7-11-19(12-8-17)15-24-21-5-3-4-6-22(21)25(23(24)26)16-20-13-9-18(2)10-14-20/h3-14H,15-16H2,1-2H3. The van der Waals surface area contributed by atoms with Crippen LogP contribution in [0.4, 0.5) is 0 Å². The number of rotatable bonds is 4. The van der Waals surface area contributed by atoms with Crippen molar-refractivity contribution >= 4 is 11.0 Å². The van der Waals surface area contributed by atoms with Crippen molar-refractivity contribution in [2.75, 3.05) is 0 Å². The summed E-state index contributed by atoms with van der Waals surface area (Å²) in [7, 11) is 0. The summed E-state index contributed by atoms with van der Waals surface area (Å²) < 4.78 is 3.74. The summed E-state index contributed by atoms with van der Waals surface area (Å²) in [4.78, 5) is 13.2. The zero-order valence-corrected chi connectivity index (χ0v) is 15.1. The van der Waals surface area contributed by atoms with Crippen LogP contribution < -0.4 is 5.69 Å². The number of fused-ring (bicyclic) bond motifs is 1. The molecule has 4 aromatic rings. The minimum atomic E-state index is 0.0346. The van der Waals surface area contributed by atoms with E-state index in [1.807, 2.05) is 33.4 Å². The van der Waals surface area contributed by atoms with Gasteiger partial charge in [-0.15, -0.1) is 0 Å². The van der Waals surface area contributed by atoms with Crippen LogP contribution in [-0.4, -0.2) is 9.13 Å². The quantitative estimate of drug-likeness (QED) is 0.536. The molecule has 3 heteroatoms. The van der Waals surface area contributed by atoms with Gasteiger partial charge < -0.3 is 0 Å². The van der Waals surface area contributed by atoms with Gasteiger partial charge in [0.15, 0.2) is 0 Å². The van der Waals surface area contributed by atoms with Crippen LogP contribution in [0.3, 0.4) is 0 Å². The first kappa shape index (κ1) is 16.4. The van der Waals surface area contributed by atoms with Crippen molar-refractivity contribution in [3.05, 3.63) is 106 Å². The van der Waals surface area contributed by atoms with Crippen LogP contribution >= 0.6 is 0 Å². The van der Waals surface area contributed by atoms with Gasteiger partial charge in [-0.05, 0) is 37.1 Å². The van der Waals surface area contributed by atoms with Crippen molar-refractivity contribution in [1.82, 2.24) is 9.13 Å². The molecular formula is C23H22N2O. The fourth-order valence-corrected chi connectivity index (χ4v) is 3.33. The highest BCUT2D eigenvalue weighted by atomic mass is 16.1. The van der Waals surface area contributed by atoms with Crippen LogP contribution in [0.1, 0.15) is 22.3 Å². The van der Waals surface area contributed by atoms with Gasteiger partial charge in [0.2, 0.25) is 0 Å². The Morgan fingerprint density at radius 1 is 0.615 bits per heavy atom. The fourth-order valence-electron chi connectivity index (χ4n) is 3.33. The van der Waals surface area contributed by atoms with E-state index in [1.165, 1.54) is 11.1 Å². The maximum atomic E-state index is 13.2. The molecule has 0 fully saturated rings. The van der Waals surface area contributed by atoms with E-state index in [0.29, 0.717) is 13.1 Å². The van der Waals surface area contributed by atoms with E-state index in [1.54, 1.807) is 0 Å². The number of aromatic nitrogens is 2. The van der Waals surface area contributed by atoms with E-state index in [0.717, 1.165) is 22.2 Å². The molecule has 4 rings (SSSR count). The van der Waals surface area contributed by atoms with Crippen LogP contribution in [0.5, 0.6) is 0 Å². The van der Waals surface area contributed by atoms with Crippen LogP contribution in [0.15, 0.2) is 77.6 Å². The summed E-state index contributed by atoms with van der Waals surface area (Å²) in [5.41, 5.74) is 6.71. The molecule has 0 N–H and O–H groups in total. The highest BCUT2D eigenvalue weighted by Crippen LogP contribution is 2.16. The fraction of sp³-hybridized carbons (Fsp3) is 0.174. The van der Waals surface area contributed by atoms with E-state index in [4.69, 9.17) is 0 Å². The van der Waals surface area contributed by atoms with Gasteiger partial charge in [-0.1, -0.05) is 71.8 Å². The first-order chi connectivity index (χ1) is 12.6. The lowest BCUT2D eigenvalue weighted by atomic mass is 10.1. The summed E-state index contributed by atoms with van der Waals surface area (Å²) in [6.07, 6.45) is 0. The van der Waals surface area contributed by atoms with Gasteiger partial charge in [-0.3, -0.25) is 9.13 Å². The molecule has 0 unspecified atom stereocenters. The van der Waals surface area contributed by atoms with Crippen molar-refractivity contribution < 1.29 is 0 Å². The molecule has 1 heterocycles. The first-order valence-electron chi connectivity index (χ1n) is 8.91. The van der Waals surface area contributed by atoms with Gasteiger partial charge in [-0.25, -0.2) is 4.79 Å². The van der Waals surface area contributed by atoms with Crippen molar-refractivity contribution in [3.8, 4) is 0 Å². The van der Waals surface area contributed by atoms with Crippen molar-refractivity contribution in [2.45, 2.75) is 26.9 Å². The first-order valence-corrected chi connectivity index (χ1v) is 8.91. The van der Waals surface area contributed by atoms with Crippen LogP contribution in [0, 0.1) is 13.8 Å². The number of nitrogens with zero attached hydrogens (tertiary/aromatic N) is 2. The number of imidazole rings is 1. The SMILES string of the molecule is Cc1ccc(Cn2c(=O)n(Cc3ccc(C)cc3)c3ccccc32)cc1. The van der Waals surface area contributed by atoms with E-state index >= 15 is 0 Å². The molecular weight excluding hydrogens is 320 g/mol. The topological polar surface area (TPSA) is 26.9 Å². The molecule has 0 saturated carbocycles. The van der Waals surface area contributed by atoms with Crippen molar-refractivity contribution in [1.29, 1.82) is 0 Å². The van der Waals surface area contributed by atoms with Gasteiger partial charge in [-0.2, -0.15) is 0 Å². The Morgan fingerprint density at radius 3 is 1.38 bits per heavy atom. The van der Waals surface area contributed by atoms with Crippen molar-refractivity contribution in [3.63, 3.8) is 0 Å². The molecule has 130 valence electrons. The zero-order chi connectivity index (χ0) is 18.1. The zero-order valence-electron chi connectivity index (χ0n) is 15.1. The Morgan fingerprint density at radius 2 is 1.00 bits per heavy atom. The molecule has 0 aliphatic heterocycles. The summed E-state index contributed by atoms with van der Waals surface area (Å²) >= 11 is 0. The largest absolute Gasteiger partial charge is 0.329 e. The third kappa shape index (κ3) is 3.08. The second-order valence-electron chi connectivity index (χ2n) is 6.91. The molecule has 3 nitrogen and oxygen atoms in total. The summed E-state index contributed by atoms with van der Waals surface area (Å²) in [5, 5.41) is 0. The maximum Gasteiger partial charge on any atom is 0.329 e. The molecule has 0 spiro atoms. The van der Waals surface area contributed by atoms with Gasteiger partial charge in [0.1, 0.15) is 0 Å². The summed E-state index contributed by atoms with van der Waals surface area (Å²) in [5.74, 6) is 0. The van der Waals surface area contributed by atoms with E-state index in [2.05, 4.69) is 62.4 Å². The van der Waals surface area contributed by atoms with Crippen LogP contribution in [0.25, 0.3) is 11.0 Å². The van der Waals surface area contributed by atoms with E-state index in [-0.39, 0.29) is 5.69 Å². The minimum absolute atomic E-state index is 0.0346. The minimum Gasteiger partial charge on any atom is -0.287 e. The Hall–Kier alpha value is -3.07. The molecule has 0 atom stereocenters. The number of aryl methyl sites for hydroxylation is 2. The highest BCUT2D eigenvalue weighted by molar-refractivity contribution is 5.76. The highest BCUT2D eigenvalue weighted by Gasteiger charge is 2.13. The average Bonchev–Trinajstić information content (AvgIpc) is 2.91. The Bertz CT molecular complexity index is 1010. The molecule has 0 bridgehead atoms. The molecule has 0 aliphatic rings. The maximum absolute atomic E-state index is 13.2. The monoisotopic (exact) mass is 342 g/mol. The molecule has 3 aromatic carbocycles. The average molecular weight is 342 g/mol. The number of para-hydroxylation sites is 2. The van der Waals surface area contributed by atoms with Crippen LogP contribution in [-0.2, 0) is 13.1 Å². The number of hydrogen-bond acceptors (Lipinski definition) is 1. The molecule has 1 aromatic heterocycles. The summed E-state index contributed by atoms with van der Waals surface area (Å²) in [6, 6.07) is 24.7. The van der Waals surface area contributed by atoms with Gasteiger partial charge in [0.25, 0.3) is 0 Å². The Labute approximate surface area is 153 Å². The van der Waals surface area contributed by atoms with Gasteiger partial charge >= 0.3 is 5.69 Å². The molecule has 0 amide bonds. The van der Waals surface area contributed by atoms with Gasteiger partial charge in [0.05, 0.1) is 24.1 Å². The normalized spacial score (nSPS) is 11.2. The number of benzene rings is 3. The van der Waals surface area contributed by atoms with E-state index in [9.17, 15) is 4.79 Å². The second kappa shape index (κ2) is 6.68. The lowest BCUT2D eigenvalue weighted by molar-refractivity contribution is 0.701. The predicted molar refractivity (Wildman–Crippen MR) is 107 cm³/mol. The molecule has 0 saturated heterocycles. The predicted octanol–water partition coefficient (Wildman–Crippen LogP) is 4.52. The summed E-state index contributed by atoms with van der Waals surface area (Å²) in [6.45, 7) is 5.31. The van der Waals surface area contributed by atoms with Gasteiger partial charge in [0, 0.05) is 0 Å². The molecule has 26 heavy (non-hydrogen) atoms. The smallest absolute Gasteiger partial charge is 0.287 e. The van der Waals surface area contributed by atoms with Crippen LogP contribution in [0.2, 0.25) is 0 Å². The Kier molecular flexibility index (Phi) is 4.21. The third-order valence-corrected chi connectivity index (χ3v) is 4.85. The second-order valence-corrected chi connectivity index (χ2v) is 6.91. The molecule has 0 aliphatic carbocycles. The molecule has 0 radical (unpaired) electrons.